The lowest BCUT2D eigenvalue weighted by atomic mass is 10.1. The van der Waals surface area contributed by atoms with E-state index < -0.39 is 6.04 Å². The zero-order valence-electron chi connectivity index (χ0n) is 14.9. The molecule has 7 heteroatoms. The normalized spacial score (nSPS) is 13.3. The maximum absolute atomic E-state index is 12.7. The predicted molar refractivity (Wildman–Crippen MR) is 103 cm³/mol. The largest absolute Gasteiger partial charge is 0.459 e. The molecule has 2 unspecified atom stereocenters. The molecule has 2 N–H and O–H groups in total. The van der Waals surface area contributed by atoms with Gasteiger partial charge in [0.25, 0.3) is 5.91 Å². The van der Waals surface area contributed by atoms with Gasteiger partial charge in [-0.2, -0.15) is 11.8 Å². The fourth-order valence-corrected chi connectivity index (χ4v) is 4.11. The molecule has 0 spiro atoms. The van der Waals surface area contributed by atoms with Crippen LogP contribution in [0.1, 0.15) is 45.3 Å². The second kappa shape index (κ2) is 9.10. The van der Waals surface area contributed by atoms with Crippen LogP contribution < -0.4 is 10.6 Å². The fourth-order valence-electron chi connectivity index (χ4n) is 2.61. The minimum atomic E-state index is -0.590. The number of rotatable bonds is 8. The Balaban J connectivity index is 2.04. The molecule has 0 saturated heterocycles. The summed E-state index contributed by atoms with van der Waals surface area (Å²) in [7, 11) is 0. The van der Waals surface area contributed by atoms with Crippen molar-refractivity contribution in [1.82, 2.24) is 10.6 Å². The first-order chi connectivity index (χ1) is 11.9. The molecule has 0 aliphatic heterocycles. The molecule has 0 fully saturated rings. The van der Waals surface area contributed by atoms with E-state index in [2.05, 4.69) is 30.5 Å². The first-order valence-corrected chi connectivity index (χ1v) is 10.3. The highest BCUT2D eigenvalue weighted by Crippen LogP contribution is 2.26. The Hall–Kier alpha value is -1.73. The van der Waals surface area contributed by atoms with Crippen molar-refractivity contribution in [3.63, 3.8) is 0 Å². The van der Waals surface area contributed by atoms with Crippen LogP contribution in [0.3, 0.4) is 0 Å². The van der Waals surface area contributed by atoms with Crippen molar-refractivity contribution in [2.75, 3.05) is 12.0 Å². The molecule has 2 amide bonds. The van der Waals surface area contributed by atoms with E-state index in [1.165, 1.54) is 16.0 Å². The molecule has 2 rings (SSSR count). The van der Waals surface area contributed by atoms with Crippen molar-refractivity contribution in [2.45, 2.75) is 39.3 Å². The lowest BCUT2D eigenvalue weighted by Crippen LogP contribution is -2.47. The molecule has 0 saturated carbocycles. The summed E-state index contributed by atoms with van der Waals surface area (Å²) in [5.41, 5.74) is 1.12. The number of hydrogen-bond acceptors (Lipinski definition) is 5. The summed E-state index contributed by atoms with van der Waals surface area (Å²) in [4.78, 5) is 27.3. The number of thioether (sulfide) groups is 1. The lowest BCUT2D eigenvalue weighted by Gasteiger charge is -2.21. The van der Waals surface area contributed by atoms with Crippen LogP contribution in [-0.2, 0) is 4.79 Å². The van der Waals surface area contributed by atoms with Gasteiger partial charge in [0.15, 0.2) is 5.76 Å². The number of aryl methyl sites for hydroxylation is 2. The van der Waals surface area contributed by atoms with E-state index in [0.29, 0.717) is 6.42 Å². The third-order valence-corrected chi connectivity index (χ3v) is 5.51. The van der Waals surface area contributed by atoms with Crippen LogP contribution in [0.5, 0.6) is 0 Å². The van der Waals surface area contributed by atoms with Gasteiger partial charge in [-0.3, -0.25) is 9.59 Å². The molecule has 2 atom stereocenters. The van der Waals surface area contributed by atoms with E-state index in [-0.39, 0.29) is 23.6 Å². The van der Waals surface area contributed by atoms with Crippen LogP contribution in [0.25, 0.3) is 0 Å². The van der Waals surface area contributed by atoms with Crippen molar-refractivity contribution in [3.05, 3.63) is 45.5 Å². The summed E-state index contributed by atoms with van der Waals surface area (Å²) < 4.78 is 5.10. The van der Waals surface area contributed by atoms with E-state index in [1.807, 2.05) is 13.2 Å². The van der Waals surface area contributed by atoms with Gasteiger partial charge in [-0.25, -0.2) is 0 Å². The summed E-state index contributed by atoms with van der Waals surface area (Å²) >= 11 is 3.36. The number of amides is 2. The number of carbonyl (C=O) groups excluding carboxylic acids is 2. The van der Waals surface area contributed by atoms with Crippen molar-refractivity contribution in [1.29, 1.82) is 0 Å². The summed E-state index contributed by atoms with van der Waals surface area (Å²) in [6.45, 7) is 6.08. The first-order valence-electron chi connectivity index (χ1n) is 8.13. The lowest BCUT2D eigenvalue weighted by molar-refractivity contribution is -0.123. The number of hydrogen-bond donors (Lipinski definition) is 2. The maximum atomic E-state index is 12.7. The molecule has 0 aromatic carbocycles. The summed E-state index contributed by atoms with van der Waals surface area (Å²) in [5.74, 6) is 0.437. The molecule has 0 aliphatic carbocycles. The summed E-state index contributed by atoms with van der Waals surface area (Å²) in [6, 6.07) is 4.64. The van der Waals surface area contributed by atoms with Crippen LogP contribution in [0.2, 0.25) is 0 Å². The number of carbonyl (C=O) groups is 2. The van der Waals surface area contributed by atoms with Crippen LogP contribution >= 0.6 is 23.1 Å². The molecule has 0 aliphatic rings. The van der Waals surface area contributed by atoms with Gasteiger partial charge in [0.1, 0.15) is 6.04 Å². The van der Waals surface area contributed by atoms with Crippen LogP contribution in [0.15, 0.2) is 28.9 Å². The van der Waals surface area contributed by atoms with Gasteiger partial charge in [-0.05, 0) is 63.0 Å². The summed E-state index contributed by atoms with van der Waals surface area (Å²) in [5, 5.41) is 5.80. The Bertz CT molecular complexity index is 710. The molecule has 2 heterocycles. The second-order valence-electron chi connectivity index (χ2n) is 5.88. The SMILES string of the molecule is CSCCC(NC(=O)c1ccco1)C(=O)NC(C)c1cc(C)sc1C. The van der Waals surface area contributed by atoms with Gasteiger partial charge >= 0.3 is 0 Å². The summed E-state index contributed by atoms with van der Waals surface area (Å²) in [6.07, 6.45) is 3.98. The minimum absolute atomic E-state index is 0.102. The molecule has 2 aromatic rings. The molecule has 2 aromatic heterocycles. The van der Waals surface area contributed by atoms with E-state index in [0.717, 1.165) is 11.3 Å². The molecule has 136 valence electrons. The Morgan fingerprint density at radius 1 is 1.32 bits per heavy atom. The fraction of sp³-hybridized carbons (Fsp3) is 0.444. The number of thiophene rings is 1. The van der Waals surface area contributed by atoms with Crippen molar-refractivity contribution < 1.29 is 14.0 Å². The molecular weight excluding hydrogens is 356 g/mol. The van der Waals surface area contributed by atoms with Crippen LogP contribution in [-0.4, -0.2) is 29.9 Å². The zero-order chi connectivity index (χ0) is 18.4. The Labute approximate surface area is 156 Å². The van der Waals surface area contributed by atoms with Crippen molar-refractivity contribution >= 4 is 34.9 Å². The second-order valence-corrected chi connectivity index (χ2v) is 8.33. The van der Waals surface area contributed by atoms with Gasteiger partial charge in [0, 0.05) is 9.75 Å². The highest BCUT2D eigenvalue weighted by Gasteiger charge is 2.24. The highest BCUT2D eigenvalue weighted by atomic mass is 32.2. The van der Waals surface area contributed by atoms with Crippen molar-refractivity contribution in [2.24, 2.45) is 0 Å². The average Bonchev–Trinajstić information content (AvgIpc) is 3.20. The number of furan rings is 1. The Morgan fingerprint density at radius 3 is 2.64 bits per heavy atom. The Kier molecular flexibility index (Phi) is 7.13. The quantitative estimate of drug-likeness (QED) is 0.733. The van der Waals surface area contributed by atoms with Crippen molar-refractivity contribution in [3.8, 4) is 0 Å². The van der Waals surface area contributed by atoms with Gasteiger partial charge < -0.3 is 15.1 Å². The van der Waals surface area contributed by atoms with E-state index >= 15 is 0 Å². The third-order valence-electron chi connectivity index (χ3n) is 3.88. The van der Waals surface area contributed by atoms with Crippen LogP contribution in [0.4, 0.5) is 0 Å². The van der Waals surface area contributed by atoms with Gasteiger partial charge in [0.05, 0.1) is 12.3 Å². The standard InChI is InChI=1S/C18H24N2O3S2/c1-11-10-14(13(3)25-11)12(2)19-17(21)15(7-9-24-4)20-18(22)16-6-5-8-23-16/h5-6,8,10,12,15H,7,9H2,1-4H3,(H,19,21)(H,20,22). The zero-order valence-corrected chi connectivity index (χ0v) is 16.6. The predicted octanol–water partition coefficient (Wildman–Crippen LogP) is 3.69. The maximum Gasteiger partial charge on any atom is 0.287 e. The van der Waals surface area contributed by atoms with Gasteiger partial charge in [-0.15, -0.1) is 11.3 Å². The third kappa shape index (κ3) is 5.37. The Morgan fingerprint density at radius 2 is 2.08 bits per heavy atom. The van der Waals surface area contributed by atoms with E-state index in [4.69, 9.17) is 4.42 Å². The molecule has 5 nitrogen and oxygen atoms in total. The van der Waals surface area contributed by atoms with E-state index in [1.54, 1.807) is 35.2 Å². The molecule has 0 radical (unpaired) electrons. The van der Waals surface area contributed by atoms with Gasteiger partial charge in [0.2, 0.25) is 5.91 Å². The van der Waals surface area contributed by atoms with Gasteiger partial charge in [-0.1, -0.05) is 0 Å². The topological polar surface area (TPSA) is 71.3 Å². The first kappa shape index (κ1) is 19.6. The molecular formula is C18H24N2O3S2. The highest BCUT2D eigenvalue weighted by molar-refractivity contribution is 7.98. The van der Waals surface area contributed by atoms with E-state index in [9.17, 15) is 9.59 Å². The van der Waals surface area contributed by atoms with Crippen LogP contribution in [0, 0.1) is 13.8 Å². The molecule has 25 heavy (non-hydrogen) atoms. The smallest absolute Gasteiger partial charge is 0.287 e. The number of nitrogens with one attached hydrogen (secondary N) is 2. The monoisotopic (exact) mass is 380 g/mol. The molecule has 0 bridgehead atoms. The minimum Gasteiger partial charge on any atom is -0.459 e. The average molecular weight is 381 g/mol.